The number of rotatable bonds is 4. The van der Waals surface area contributed by atoms with E-state index in [4.69, 9.17) is 18.0 Å². The van der Waals surface area contributed by atoms with Crippen LogP contribution < -0.4 is 11.1 Å². The minimum atomic E-state index is -0.656. The van der Waals surface area contributed by atoms with Crippen molar-refractivity contribution in [2.45, 2.75) is 39.2 Å². The Morgan fingerprint density at radius 1 is 1.61 bits per heavy atom. The molecule has 1 heterocycles. The summed E-state index contributed by atoms with van der Waals surface area (Å²) in [6.07, 6.45) is 4.30. The highest BCUT2D eigenvalue weighted by Crippen LogP contribution is 2.42. The molecule has 1 fully saturated rings. The Kier molecular flexibility index (Phi) is 3.38. The predicted octanol–water partition coefficient (Wildman–Crippen LogP) is 1.86. The summed E-state index contributed by atoms with van der Waals surface area (Å²) in [4.78, 5) is 12.5. The van der Waals surface area contributed by atoms with Crippen LogP contribution in [0.3, 0.4) is 0 Å². The summed E-state index contributed by atoms with van der Waals surface area (Å²) in [5, 5.41) is 7.08. The number of nitrogens with zero attached hydrogens (tertiary/aromatic N) is 2. The molecular weight excluding hydrogens is 248 g/mol. The van der Waals surface area contributed by atoms with Gasteiger partial charge in [-0.15, -0.1) is 0 Å². The second-order valence-corrected chi connectivity index (χ2v) is 5.47. The molecule has 1 saturated carbocycles. The minimum Gasteiger partial charge on any atom is -0.392 e. The van der Waals surface area contributed by atoms with E-state index in [0.29, 0.717) is 5.82 Å². The molecule has 1 aromatic rings. The molecular formula is C12H18N4OS. The zero-order valence-corrected chi connectivity index (χ0v) is 11.5. The molecule has 5 nitrogen and oxygen atoms in total. The summed E-state index contributed by atoms with van der Waals surface area (Å²) in [5.41, 5.74) is 5.03. The van der Waals surface area contributed by atoms with Crippen LogP contribution in [0.1, 0.15) is 39.2 Å². The number of hydrogen-bond donors (Lipinski definition) is 2. The second kappa shape index (κ2) is 4.68. The lowest BCUT2D eigenvalue weighted by Crippen LogP contribution is -2.50. The molecule has 1 amide bonds. The topological polar surface area (TPSA) is 72.9 Å². The van der Waals surface area contributed by atoms with Gasteiger partial charge in [0.25, 0.3) is 0 Å². The van der Waals surface area contributed by atoms with E-state index < -0.39 is 5.41 Å². The van der Waals surface area contributed by atoms with Crippen LogP contribution >= 0.6 is 12.2 Å². The third-order valence-electron chi connectivity index (χ3n) is 3.49. The van der Waals surface area contributed by atoms with E-state index in [0.717, 1.165) is 19.3 Å². The molecule has 1 aliphatic carbocycles. The van der Waals surface area contributed by atoms with Gasteiger partial charge in [0.2, 0.25) is 5.91 Å². The number of hydrogen-bond acceptors (Lipinski definition) is 3. The number of aromatic nitrogens is 2. The fraction of sp³-hybridized carbons (Fsp3) is 0.583. The largest absolute Gasteiger partial charge is 0.392 e. The van der Waals surface area contributed by atoms with Gasteiger partial charge in [0, 0.05) is 18.3 Å². The molecule has 0 atom stereocenters. The number of anilines is 1. The molecule has 1 aromatic heterocycles. The average Bonchev–Trinajstić information content (AvgIpc) is 2.63. The molecule has 3 N–H and O–H groups in total. The van der Waals surface area contributed by atoms with Crippen molar-refractivity contribution in [1.29, 1.82) is 0 Å². The fourth-order valence-electron chi connectivity index (χ4n) is 2.04. The fourth-order valence-corrected chi connectivity index (χ4v) is 2.34. The van der Waals surface area contributed by atoms with E-state index in [1.807, 2.05) is 20.0 Å². The van der Waals surface area contributed by atoms with Gasteiger partial charge in [-0.05, 0) is 26.7 Å². The molecule has 0 spiro atoms. The van der Waals surface area contributed by atoms with Gasteiger partial charge in [-0.2, -0.15) is 5.10 Å². The first-order chi connectivity index (χ1) is 8.45. The molecule has 6 heteroatoms. The highest BCUT2D eigenvalue weighted by Gasteiger charge is 2.47. The zero-order chi connectivity index (χ0) is 13.3. The molecule has 0 unspecified atom stereocenters. The van der Waals surface area contributed by atoms with Crippen LogP contribution in [0.25, 0.3) is 0 Å². The minimum absolute atomic E-state index is 0.129. The second-order valence-electron chi connectivity index (χ2n) is 5.03. The first-order valence-electron chi connectivity index (χ1n) is 6.12. The van der Waals surface area contributed by atoms with Gasteiger partial charge in [0.1, 0.15) is 0 Å². The van der Waals surface area contributed by atoms with Crippen LogP contribution in [0.5, 0.6) is 0 Å². The normalized spacial score (nSPS) is 17.3. The van der Waals surface area contributed by atoms with Crippen molar-refractivity contribution in [1.82, 2.24) is 9.78 Å². The smallest absolute Gasteiger partial charge is 0.238 e. The molecule has 1 aliphatic rings. The van der Waals surface area contributed by atoms with E-state index in [9.17, 15) is 4.79 Å². The van der Waals surface area contributed by atoms with Gasteiger partial charge >= 0.3 is 0 Å². The highest BCUT2D eigenvalue weighted by atomic mass is 32.1. The van der Waals surface area contributed by atoms with Gasteiger partial charge < -0.3 is 11.1 Å². The summed E-state index contributed by atoms with van der Waals surface area (Å²) >= 11 is 5.01. The van der Waals surface area contributed by atoms with Crippen LogP contribution in [0, 0.1) is 5.41 Å². The summed E-state index contributed by atoms with van der Waals surface area (Å²) in [6.45, 7) is 4.06. The maximum absolute atomic E-state index is 12.2. The standard InChI is InChI=1S/C12H18N4OS/c1-8(2)16-7-4-9(15-16)14-11(17)12(10(13)18)5-3-6-12/h4,7-8H,3,5-6H2,1-2H3,(H2,13,18)(H,14,15,17). The number of nitrogens with two attached hydrogens (primary N) is 1. The first-order valence-corrected chi connectivity index (χ1v) is 6.53. The molecule has 0 radical (unpaired) electrons. The summed E-state index contributed by atoms with van der Waals surface area (Å²) < 4.78 is 1.80. The van der Waals surface area contributed by atoms with Crippen molar-refractivity contribution >= 4 is 28.9 Å². The lowest BCUT2D eigenvalue weighted by atomic mass is 9.68. The van der Waals surface area contributed by atoms with Crippen LogP contribution in [0.2, 0.25) is 0 Å². The molecule has 0 aromatic carbocycles. The molecule has 2 rings (SSSR count). The number of nitrogens with one attached hydrogen (secondary N) is 1. The maximum Gasteiger partial charge on any atom is 0.238 e. The monoisotopic (exact) mass is 266 g/mol. The lowest BCUT2D eigenvalue weighted by molar-refractivity contribution is -0.125. The third kappa shape index (κ3) is 2.12. The van der Waals surface area contributed by atoms with Gasteiger partial charge in [0.05, 0.1) is 10.4 Å². The van der Waals surface area contributed by atoms with Crippen molar-refractivity contribution in [2.24, 2.45) is 11.1 Å². The number of amides is 1. The zero-order valence-electron chi connectivity index (χ0n) is 10.6. The summed E-state index contributed by atoms with van der Waals surface area (Å²) in [7, 11) is 0. The van der Waals surface area contributed by atoms with E-state index in [-0.39, 0.29) is 16.9 Å². The van der Waals surface area contributed by atoms with E-state index in [1.165, 1.54) is 0 Å². The molecule has 98 valence electrons. The van der Waals surface area contributed by atoms with E-state index >= 15 is 0 Å². The Balaban J connectivity index is 2.09. The number of thiocarbonyl (C=S) groups is 1. The third-order valence-corrected chi connectivity index (χ3v) is 3.88. The molecule has 18 heavy (non-hydrogen) atoms. The maximum atomic E-state index is 12.2. The Morgan fingerprint density at radius 2 is 2.28 bits per heavy atom. The Labute approximate surface area is 112 Å². The number of carbonyl (C=O) groups excluding carboxylic acids is 1. The first kappa shape index (κ1) is 13.0. The van der Waals surface area contributed by atoms with E-state index in [1.54, 1.807) is 10.7 Å². The Morgan fingerprint density at radius 3 is 2.67 bits per heavy atom. The van der Waals surface area contributed by atoms with Gasteiger partial charge in [-0.1, -0.05) is 18.6 Å². The van der Waals surface area contributed by atoms with Gasteiger partial charge in [0.15, 0.2) is 5.82 Å². The van der Waals surface area contributed by atoms with Crippen molar-refractivity contribution in [3.63, 3.8) is 0 Å². The highest BCUT2D eigenvalue weighted by molar-refractivity contribution is 7.80. The average molecular weight is 266 g/mol. The van der Waals surface area contributed by atoms with Crippen LogP contribution in [-0.4, -0.2) is 20.7 Å². The molecule has 0 bridgehead atoms. The van der Waals surface area contributed by atoms with E-state index in [2.05, 4.69) is 10.4 Å². The van der Waals surface area contributed by atoms with Crippen molar-refractivity contribution in [3.05, 3.63) is 12.3 Å². The van der Waals surface area contributed by atoms with Crippen LogP contribution in [-0.2, 0) is 4.79 Å². The van der Waals surface area contributed by atoms with Crippen LogP contribution in [0.15, 0.2) is 12.3 Å². The SMILES string of the molecule is CC(C)n1ccc(NC(=O)C2(C(N)=S)CCC2)n1. The van der Waals surface area contributed by atoms with Gasteiger partial charge in [-0.3, -0.25) is 9.48 Å². The molecule has 0 aliphatic heterocycles. The lowest BCUT2D eigenvalue weighted by Gasteiger charge is -2.38. The summed E-state index contributed by atoms with van der Waals surface area (Å²) in [5.74, 6) is 0.423. The Bertz CT molecular complexity index is 476. The Hall–Kier alpha value is -1.43. The number of carbonyl (C=O) groups is 1. The molecule has 0 saturated heterocycles. The van der Waals surface area contributed by atoms with Crippen LogP contribution in [0.4, 0.5) is 5.82 Å². The van der Waals surface area contributed by atoms with Crippen molar-refractivity contribution < 1.29 is 4.79 Å². The predicted molar refractivity (Wildman–Crippen MR) is 74.3 cm³/mol. The quantitative estimate of drug-likeness (QED) is 0.816. The van der Waals surface area contributed by atoms with Crippen molar-refractivity contribution in [3.8, 4) is 0 Å². The summed E-state index contributed by atoms with van der Waals surface area (Å²) in [6, 6.07) is 2.05. The van der Waals surface area contributed by atoms with Gasteiger partial charge in [-0.25, -0.2) is 0 Å². The van der Waals surface area contributed by atoms with Crippen molar-refractivity contribution in [2.75, 3.05) is 5.32 Å².